The summed E-state index contributed by atoms with van der Waals surface area (Å²) in [4.78, 5) is 10.2. The lowest BCUT2D eigenvalue weighted by Gasteiger charge is -2.10. The number of aromatic amines is 1. The summed E-state index contributed by atoms with van der Waals surface area (Å²) in [7, 11) is -2.86. The normalized spacial score (nSPS) is 11.7. The molecule has 0 unspecified atom stereocenters. The van der Waals surface area contributed by atoms with E-state index in [0.717, 1.165) is 10.7 Å². The molecule has 12 heteroatoms. The molecule has 3 rings (SSSR count). The second-order valence-electron chi connectivity index (χ2n) is 4.89. The number of H-pyrrole nitrogens is 1. The van der Waals surface area contributed by atoms with Gasteiger partial charge in [-0.2, -0.15) is 13.8 Å². The van der Waals surface area contributed by atoms with Crippen LogP contribution in [0, 0.1) is 0 Å². The van der Waals surface area contributed by atoms with Crippen molar-refractivity contribution in [1.82, 2.24) is 15.0 Å². The van der Waals surface area contributed by atoms with E-state index in [1.807, 2.05) is 0 Å². The quantitative estimate of drug-likeness (QED) is 0.599. The summed E-state index contributed by atoms with van der Waals surface area (Å²) in [6, 6.07) is 5.06. The van der Waals surface area contributed by atoms with Crippen molar-refractivity contribution in [3.63, 3.8) is 0 Å². The van der Waals surface area contributed by atoms with E-state index in [1.165, 1.54) is 13.3 Å². The van der Waals surface area contributed by atoms with Gasteiger partial charge in [-0.15, -0.1) is 0 Å². The number of hydrogen-bond donors (Lipinski definition) is 2. The SMILES string of the molecule is COc1nc(NS(=O)(=O)c2c[nH]c3cc(Br)ccc23)ncc1OC(F)F. The summed E-state index contributed by atoms with van der Waals surface area (Å²) < 4.78 is 61.8. The number of fused-ring (bicyclic) bond motifs is 1. The number of benzene rings is 1. The summed E-state index contributed by atoms with van der Waals surface area (Å²) in [5.41, 5.74) is 0.610. The van der Waals surface area contributed by atoms with Crippen LogP contribution in [0.5, 0.6) is 11.6 Å². The minimum absolute atomic E-state index is 0.0181. The Balaban J connectivity index is 1.94. The van der Waals surface area contributed by atoms with Gasteiger partial charge in [-0.25, -0.2) is 18.1 Å². The molecule has 0 aliphatic rings. The third kappa shape index (κ3) is 3.70. The second-order valence-corrected chi connectivity index (χ2v) is 7.46. The summed E-state index contributed by atoms with van der Waals surface area (Å²) >= 11 is 3.30. The van der Waals surface area contributed by atoms with Gasteiger partial charge in [0, 0.05) is 21.6 Å². The Labute approximate surface area is 154 Å². The van der Waals surface area contributed by atoms with E-state index >= 15 is 0 Å². The Morgan fingerprint density at radius 2 is 2.12 bits per heavy atom. The minimum Gasteiger partial charge on any atom is -0.478 e. The number of anilines is 1. The molecule has 3 aromatic rings. The average molecular weight is 449 g/mol. The molecule has 0 aliphatic carbocycles. The van der Waals surface area contributed by atoms with Gasteiger partial charge in [-0.3, -0.25) is 0 Å². The first-order chi connectivity index (χ1) is 12.3. The number of aromatic nitrogens is 3. The number of nitrogens with zero attached hydrogens (tertiary/aromatic N) is 2. The standard InChI is InChI=1S/C14H11BrF2N4O4S/c1-24-12-10(25-13(16)17)5-19-14(20-12)21-26(22,23)11-6-18-9-4-7(15)2-3-8(9)11/h2-6,13,18H,1H3,(H,19,20,21). The minimum atomic E-state index is -4.04. The largest absolute Gasteiger partial charge is 0.478 e. The van der Waals surface area contributed by atoms with E-state index in [0.29, 0.717) is 10.9 Å². The third-order valence-corrected chi connectivity index (χ3v) is 5.11. The molecular weight excluding hydrogens is 438 g/mol. The molecule has 0 bridgehead atoms. The van der Waals surface area contributed by atoms with Crippen LogP contribution in [0.2, 0.25) is 0 Å². The van der Waals surface area contributed by atoms with Crippen molar-refractivity contribution < 1.29 is 26.7 Å². The molecule has 26 heavy (non-hydrogen) atoms. The maximum absolute atomic E-state index is 12.6. The second kappa shape index (κ2) is 7.03. The summed E-state index contributed by atoms with van der Waals surface area (Å²) in [5.74, 6) is -1.10. The Hall–Kier alpha value is -2.47. The average Bonchev–Trinajstić information content (AvgIpc) is 2.99. The van der Waals surface area contributed by atoms with Crippen LogP contribution in [-0.4, -0.2) is 37.1 Å². The van der Waals surface area contributed by atoms with Crippen molar-refractivity contribution >= 4 is 42.8 Å². The van der Waals surface area contributed by atoms with Gasteiger partial charge in [-0.1, -0.05) is 22.0 Å². The molecule has 0 spiro atoms. The third-order valence-electron chi connectivity index (χ3n) is 3.25. The zero-order valence-electron chi connectivity index (χ0n) is 13.0. The lowest BCUT2D eigenvalue weighted by Crippen LogP contribution is -2.15. The van der Waals surface area contributed by atoms with Crippen LogP contribution in [0.25, 0.3) is 10.9 Å². The van der Waals surface area contributed by atoms with E-state index in [4.69, 9.17) is 4.74 Å². The van der Waals surface area contributed by atoms with Crippen LogP contribution in [0.4, 0.5) is 14.7 Å². The number of hydrogen-bond acceptors (Lipinski definition) is 6. The van der Waals surface area contributed by atoms with Crippen LogP contribution in [-0.2, 0) is 10.0 Å². The molecule has 2 N–H and O–H groups in total. The molecule has 8 nitrogen and oxygen atoms in total. The summed E-state index contributed by atoms with van der Waals surface area (Å²) in [5, 5.41) is 0.463. The molecule has 0 fully saturated rings. The van der Waals surface area contributed by atoms with Crippen LogP contribution in [0.1, 0.15) is 0 Å². The molecular formula is C14H11BrF2N4O4S. The fourth-order valence-corrected chi connectivity index (χ4v) is 3.69. The number of sulfonamides is 1. The van der Waals surface area contributed by atoms with Gasteiger partial charge in [0.15, 0.2) is 0 Å². The molecule has 0 atom stereocenters. The molecule has 0 saturated carbocycles. The Morgan fingerprint density at radius 1 is 1.35 bits per heavy atom. The van der Waals surface area contributed by atoms with E-state index in [9.17, 15) is 17.2 Å². The number of ether oxygens (including phenoxy) is 2. The summed E-state index contributed by atoms with van der Waals surface area (Å²) in [6.07, 6.45) is 2.22. The van der Waals surface area contributed by atoms with Crippen LogP contribution < -0.4 is 14.2 Å². The maximum atomic E-state index is 12.6. The molecule has 0 aliphatic heterocycles. The molecule has 2 heterocycles. The molecule has 1 aromatic carbocycles. The van der Waals surface area contributed by atoms with Crippen molar-refractivity contribution in [2.75, 3.05) is 11.8 Å². The topological polar surface area (TPSA) is 106 Å². The highest BCUT2D eigenvalue weighted by Crippen LogP contribution is 2.29. The number of nitrogens with one attached hydrogen (secondary N) is 2. The van der Waals surface area contributed by atoms with Crippen LogP contribution in [0.15, 0.2) is 40.0 Å². The van der Waals surface area contributed by atoms with Gasteiger partial charge >= 0.3 is 6.61 Å². The number of alkyl halides is 2. The lowest BCUT2D eigenvalue weighted by atomic mass is 10.2. The predicted octanol–water partition coefficient (Wildman–Crippen LogP) is 3.13. The number of halogens is 3. The van der Waals surface area contributed by atoms with Gasteiger partial charge in [0.25, 0.3) is 15.9 Å². The monoisotopic (exact) mass is 448 g/mol. The first-order valence-corrected chi connectivity index (χ1v) is 9.23. The molecule has 138 valence electrons. The van der Waals surface area contributed by atoms with Crippen molar-refractivity contribution in [2.24, 2.45) is 0 Å². The number of methoxy groups -OCH3 is 1. The summed E-state index contributed by atoms with van der Waals surface area (Å²) in [6.45, 7) is -3.10. The number of rotatable bonds is 6. The van der Waals surface area contributed by atoms with Gasteiger partial charge in [0.2, 0.25) is 11.7 Å². The van der Waals surface area contributed by atoms with E-state index in [-0.39, 0.29) is 16.7 Å². The van der Waals surface area contributed by atoms with Crippen molar-refractivity contribution in [1.29, 1.82) is 0 Å². The highest BCUT2D eigenvalue weighted by Gasteiger charge is 2.22. The zero-order valence-corrected chi connectivity index (χ0v) is 15.4. The fraction of sp³-hybridized carbons (Fsp3) is 0.143. The Morgan fingerprint density at radius 3 is 2.81 bits per heavy atom. The maximum Gasteiger partial charge on any atom is 0.387 e. The molecule has 0 amide bonds. The van der Waals surface area contributed by atoms with Crippen LogP contribution >= 0.6 is 15.9 Å². The van der Waals surface area contributed by atoms with Gasteiger partial charge < -0.3 is 14.5 Å². The van der Waals surface area contributed by atoms with Crippen molar-refractivity contribution in [3.8, 4) is 11.6 Å². The fourth-order valence-electron chi connectivity index (χ4n) is 2.20. The predicted molar refractivity (Wildman–Crippen MR) is 92.0 cm³/mol. The molecule has 0 saturated heterocycles. The van der Waals surface area contributed by atoms with E-state index in [1.54, 1.807) is 18.2 Å². The van der Waals surface area contributed by atoms with Crippen LogP contribution in [0.3, 0.4) is 0 Å². The van der Waals surface area contributed by atoms with Crippen molar-refractivity contribution in [2.45, 2.75) is 11.5 Å². The lowest BCUT2D eigenvalue weighted by molar-refractivity contribution is -0.0518. The van der Waals surface area contributed by atoms with E-state index < -0.39 is 22.4 Å². The first-order valence-electron chi connectivity index (χ1n) is 6.95. The highest BCUT2D eigenvalue weighted by molar-refractivity contribution is 9.10. The Kier molecular flexibility index (Phi) is 4.96. The Bertz CT molecular complexity index is 1060. The van der Waals surface area contributed by atoms with Gasteiger partial charge in [0.1, 0.15) is 4.90 Å². The smallest absolute Gasteiger partial charge is 0.387 e. The van der Waals surface area contributed by atoms with Gasteiger partial charge in [-0.05, 0) is 12.1 Å². The molecule has 0 radical (unpaired) electrons. The first kappa shape index (κ1) is 18.3. The molecule has 2 aromatic heterocycles. The zero-order chi connectivity index (χ0) is 18.9. The van der Waals surface area contributed by atoms with E-state index in [2.05, 4.69) is 40.3 Å². The van der Waals surface area contributed by atoms with Gasteiger partial charge in [0.05, 0.1) is 13.3 Å². The highest BCUT2D eigenvalue weighted by atomic mass is 79.9. The van der Waals surface area contributed by atoms with Crippen molar-refractivity contribution in [3.05, 3.63) is 35.1 Å².